The first-order valence-corrected chi connectivity index (χ1v) is 9.13. The molecule has 1 aliphatic carbocycles. The highest BCUT2D eigenvalue weighted by Crippen LogP contribution is 2.29. The number of imide groups is 1. The summed E-state index contributed by atoms with van der Waals surface area (Å²) < 4.78 is 1.68. The van der Waals surface area contributed by atoms with Crippen molar-refractivity contribution in [3.05, 3.63) is 22.7 Å². The predicted octanol–water partition coefficient (Wildman–Crippen LogP) is 1.42. The van der Waals surface area contributed by atoms with E-state index in [9.17, 15) is 14.7 Å². The molecule has 0 radical (unpaired) electrons. The van der Waals surface area contributed by atoms with Gasteiger partial charge >= 0.3 is 0 Å². The number of amides is 2. The second-order valence-electron chi connectivity index (χ2n) is 6.36. The van der Waals surface area contributed by atoms with Crippen molar-refractivity contribution in [2.24, 2.45) is 0 Å². The van der Waals surface area contributed by atoms with Crippen molar-refractivity contribution in [1.82, 2.24) is 19.9 Å². The summed E-state index contributed by atoms with van der Waals surface area (Å²) in [6.07, 6.45) is 4.93. The van der Waals surface area contributed by atoms with Crippen LogP contribution in [0.15, 0.2) is 17.2 Å². The van der Waals surface area contributed by atoms with Gasteiger partial charge < -0.3 is 15.7 Å². The van der Waals surface area contributed by atoms with Crippen LogP contribution < -0.4 is 16.0 Å². The first-order chi connectivity index (χ1) is 12.5. The highest BCUT2D eigenvalue weighted by Gasteiger charge is 2.26. The van der Waals surface area contributed by atoms with Gasteiger partial charge in [-0.1, -0.05) is 0 Å². The Morgan fingerprint density at radius 2 is 2.31 bits per heavy atom. The molecule has 2 amide bonds. The molecule has 4 rings (SSSR count). The molecular formula is C16H18N6O3S. The molecular weight excluding hydrogens is 356 g/mol. The van der Waals surface area contributed by atoms with Gasteiger partial charge in [0.25, 0.3) is 11.1 Å². The molecule has 9 nitrogen and oxygen atoms in total. The molecule has 10 heteroatoms. The Morgan fingerprint density at radius 3 is 2.96 bits per heavy atom. The van der Waals surface area contributed by atoms with E-state index in [2.05, 4.69) is 26.0 Å². The molecule has 0 spiro atoms. The van der Waals surface area contributed by atoms with Gasteiger partial charge in [0.1, 0.15) is 11.6 Å². The fourth-order valence-corrected chi connectivity index (χ4v) is 3.20. The van der Waals surface area contributed by atoms with Gasteiger partial charge in [-0.15, -0.1) is 0 Å². The van der Waals surface area contributed by atoms with Gasteiger partial charge in [0, 0.05) is 24.2 Å². The standard InChI is InChI=1S/C16H18N6O3S/c1-8(23)6-17-12-5-13(19-10-2-3-10)22-14(20-12)9(7-18-22)4-11-15(24)21-16(25)26-11/h4-5,7-8,10,19,23H,2-3,6H2,1H3,(H,17,20)(H,21,24,25). The molecule has 0 bridgehead atoms. The maximum absolute atomic E-state index is 11.8. The number of carbonyl (C=O) groups is 2. The third kappa shape index (κ3) is 3.51. The Balaban J connectivity index is 1.74. The minimum Gasteiger partial charge on any atom is -0.392 e. The van der Waals surface area contributed by atoms with Crippen LogP contribution in [0.1, 0.15) is 25.3 Å². The van der Waals surface area contributed by atoms with E-state index >= 15 is 0 Å². The minimum absolute atomic E-state index is 0.311. The van der Waals surface area contributed by atoms with Crippen molar-refractivity contribution in [3.8, 4) is 0 Å². The molecule has 26 heavy (non-hydrogen) atoms. The molecule has 1 saturated heterocycles. The molecule has 1 aliphatic heterocycles. The van der Waals surface area contributed by atoms with Gasteiger partial charge in [0.2, 0.25) is 0 Å². The summed E-state index contributed by atoms with van der Waals surface area (Å²) >= 11 is 0.856. The summed E-state index contributed by atoms with van der Waals surface area (Å²) in [6.45, 7) is 2.06. The molecule has 4 N–H and O–H groups in total. The molecule has 1 unspecified atom stereocenters. The Labute approximate surface area is 153 Å². The molecule has 0 aromatic carbocycles. The lowest BCUT2D eigenvalue weighted by Gasteiger charge is -2.12. The average Bonchev–Trinajstić information content (AvgIpc) is 3.22. The van der Waals surface area contributed by atoms with Crippen LogP contribution in [0.2, 0.25) is 0 Å². The molecule has 3 heterocycles. The summed E-state index contributed by atoms with van der Waals surface area (Å²) in [5, 5.41) is 22.2. The summed E-state index contributed by atoms with van der Waals surface area (Å²) in [5.41, 5.74) is 1.20. The van der Waals surface area contributed by atoms with E-state index in [1.807, 2.05) is 6.07 Å². The Bertz CT molecular complexity index is 918. The number of thioether (sulfide) groups is 1. The molecule has 2 aromatic rings. The summed E-state index contributed by atoms with van der Waals surface area (Å²) in [6, 6.07) is 2.27. The number of hydrogen-bond donors (Lipinski definition) is 4. The summed E-state index contributed by atoms with van der Waals surface area (Å²) in [7, 11) is 0. The zero-order chi connectivity index (χ0) is 18.3. The average molecular weight is 374 g/mol. The maximum Gasteiger partial charge on any atom is 0.290 e. The first-order valence-electron chi connectivity index (χ1n) is 8.32. The summed E-state index contributed by atoms with van der Waals surface area (Å²) in [4.78, 5) is 28.0. The van der Waals surface area contributed by atoms with Crippen molar-refractivity contribution in [1.29, 1.82) is 0 Å². The Hall–Kier alpha value is -2.59. The number of hydrogen-bond acceptors (Lipinski definition) is 8. The Morgan fingerprint density at radius 1 is 1.50 bits per heavy atom. The van der Waals surface area contributed by atoms with E-state index in [1.54, 1.807) is 23.7 Å². The van der Waals surface area contributed by atoms with E-state index in [1.165, 1.54) is 0 Å². The van der Waals surface area contributed by atoms with Gasteiger partial charge in [-0.05, 0) is 37.6 Å². The van der Waals surface area contributed by atoms with E-state index in [4.69, 9.17) is 0 Å². The summed E-state index contributed by atoms with van der Waals surface area (Å²) in [5.74, 6) is 0.968. The minimum atomic E-state index is -0.510. The fourth-order valence-electron chi connectivity index (χ4n) is 2.53. The normalized spacial score (nSPS) is 19.8. The zero-order valence-electron chi connectivity index (χ0n) is 14.0. The molecule has 1 atom stereocenters. The van der Waals surface area contributed by atoms with Gasteiger partial charge in [-0.25, -0.2) is 4.98 Å². The van der Waals surface area contributed by atoms with Crippen molar-refractivity contribution >= 4 is 46.3 Å². The monoisotopic (exact) mass is 374 g/mol. The van der Waals surface area contributed by atoms with Crippen LogP contribution in [0.4, 0.5) is 16.4 Å². The molecule has 2 fully saturated rings. The van der Waals surface area contributed by atoms with Crippen LogP contribution in [0.25, 0.3) is 11.7 Å². The number of fused-ring (bicyclic) bond motifs is 1. The fraction of sp³-hybridized carbons (Fsp3) is 0.375. The number of aliphatic hydroxyl groups is 1. The smallest absolute Gasteiger partial charge is 0.290 e. The third-order valence-corrected chi connectivity index (χ3v) is 4.75. The predicted molar refractivity (Wildman–Crippen MR) is 98.9 cm³/mol. The van der Waals surface area contributed by atoms with Crippen molar-refractivity contribution in [3.63, 3.8) is 0 Å². The van der Waals surface area contributed by atoms with E-state index in [0.717, 1.165) is 30.4 Å². The lowest BCUT2D eigenvalue weighted by Crippen LogP contribution is -2.18. The number of carbonyl (C=O) groups excluding carboxylic acids is 2. The SMILES string of the molecule is CC(O)CNc1cc(NC2CC2)n2ncc(C=C3SC(=O)NC3=O)c2n1. The van der Waals surface area contributed by atoms with Crippen molar-refractivity contribution in [2.75, 3.05) is 17.2 Å². The van der Waals surface area contributed by atoms with Crippen molar-refractivity contribution in [2.45, 2.75) is 31.9 Å². The molecule has 1 saturated carbocycles. The van der Waals surface area contributed by atoms with Crippen LogP contribution >= 0.6 is 11.8 Å². The van der Waals surface area contributed by atoms with Gasteiger partial charge in [0.05, 0.1) is 17.2 Å². The van der Waals surface area contributed by atoms with Crippen LogP contribution in [0, 0.1) is 0 Å². The lowest BCUT2D eigenvalue weighted by molar-refractivity contribution is -0.115. The molecule has 2 aromatic heterocycles. The topological polar surface area (TPSA) is 121 Å². The number of aliphatic hydroxyl groups excluding tert-OH is 1. The van der Waals surface area contributed by atoms with Crippen LogP contribution in [-0.4, -0.2) is 49.5 Å². The number of anilines is 2. The van der Waals surface area contributed by atoms with Crippen LogP contribution in [0.5, 0.6) is 0 Å². The van der Waals surface area contributed by atoms with Gasteiger partial charge in [-0.2, -0.15) is 9.61 Å². The third-order valence-electron chi connectivity index (χ3n) is 3.94. The Kier molecular flexibility index (Phi) is 4.29. The lowest BCUT2D eigenvalue weighted by atomic mass is 10.3. The van der Waals surface area contributed by atoms with E-state index in [-0.39, 0.29) is 5.24 Å². The second-order valence-corrected chi connectivity index (χ2v) is 7.38. The number of nitrogens with one attached hydrogen (secondary N) is 3. The largest absolute Gasteiger partial charge is 0.392 e. The zero-order valence-corrected chi connectivity index (χ0v) is 14.8. The molecule has 136 valence electrons. The highest BCUT2D eigenvalue weighted by molar-refractivity contribution is 8.18. The van der Waals surface area contributed by atoms with Crippen molar-refractivity contribution < 1.29 is 14.7 Å². The molecule has 2 aliphatic rings. The quantitative estimate of drug-likeness (QED) is 0.560. The van der Waals surface area contributed by atoms with E-state index in [0.29, 0.717) is 34.5 Å². The van der Waals surface area contributed by atoms with Crippen LogP contribution in [0.3, 0.4) is 0 Å². The second kappa shape index (κ2) is 6.61. The van der Waals surface area contributed by atoms with Gasteiger partial charge in [-0.3, -0.25) is 14.9 Å². The highest BCUT2D eigenvalue weighted by atomic mass is 32.2. The number of nitrogens with zero attached hydrogens (tertiary/aromatic N) is 3. The van der Waals surface area contributed by atoms with E-state index < -0.39 is 12.0 Å². The van der Waals surface area contributed by atoms with Crippen LogP contribution in [-0.2, 0) is 4.79 Å². The maximum atomic E-state index is 11.8. The first kappa shape index (κ1) is 16.9. The van der Waals surface area contributed by atoms with Gasteiger partial charge in [0.15, 0.2) is 5.65 Å². The number of aromatic nitrogens is 3. The number of rotatable bonds is 6.